The van der Waals surface area contributed by atoms with Gasteiger partial charge in [-0.2, -0.15) is 0 Å². The van der Waals surface area contributed by atoms with Gasteiger partial charge in [-0.15, -0.1) is 0 Å². The average molecular weight is 153 g/mol. The van der Waals surface area contributed by atoms with E-state index in [4.69, 9.17) is 4.74 Å². The molecule has 3 heteroatoms. The maximum Gasteiger partial charge on any atom is 0.216 e. The van der Waals surface area contributed by atoms with E-state index in [9.17, 15) is 9.90 Å². The molecule has 0 aromatic rings. The molecule has 0 amide bonds. The molecule has 0 saturated heterocycles. The Bertz CT molecular complexity index is 248. The number of hydrogen-bond acceptors (Lipinski definition) is 3. The van der Waals surface area contributed by atoms with Crippen molar-refractivity contribution in [2.24, 2.45) is 0 Å². The standard InChI is InChI=1S/C8H10O3/c1-3-4-6-8(10)7(9)5(2)11-6/h4,9H,3H2,1-2H3/p-1/b6-4-. The molecule has 0 spiro atoms. The van der Waals surface area contributed by atoms with Crippen LogP contribution < -0.4 is 5.11 Å². The first-order valence-corrected chi connectivity index (χ1v) is 3.47. The number of hydrogen-bond donors (Lipinski definition) is 0. The summed E-state index contributed by atoms with van der Waals surface area (Å²) in [6.07, 6.45) is 2.30. The monoisotopic (exact) mass is 153 g/mol. The fourth-order valence-electron chi connectivity index (χ4n) is 0.849. The van der Waals surface area contributed by atoms with Gasteiger partial charge >= 0.3 is 0 Å². The van der Waals surface area contributed by atoms with Gasteiger partial charge in [-0.3, -0.25) is 4.79 Å². The van der Waals surface area contributed by atoms with Crippen molar-refractivity contribution in [2.75, 3.05) is 0 Å². The van der Waals surface area contributed by atoms with Crippen LogP contribution >= 0.6 is 0 Å². The molecule has 0 unspecified atom stereocenters. The third-order valence-corrected chi connectivity index (χ3v) is 1.40. The van der Waals surface area contributed by atoms with Crippen molar-refractivity contribution in [1.29, 1.82) is 0 Å². The van der Waals surface area contributed by atoms with E-state index in [0.717, 1.165) is 0 Å². The van der Waals surface area contributed by atoms with Gasteiger partial charge in [0.25, 0.3) is 0 Å². The Hall–Kier alpha value is -1.25. The van der Waals surface area contributed by atoms with Crippen LogP contribution in [-0.4, -0.2) is 5.78 Å². The molecule has 0 saturated carbocycles. The van der Waals surface area contributed by atoms with Crippen molar-refractivity contribution in [3.63, 3.8) is 0 Å². The molecular formula is C8H9O3-. The summed E-state index contributed by atoms with van der Waals surface area (Å²) in [5.74, 6) is -0.696. The third-order valence-electron chi connectivity index (χ3n) is 1.40. The first kappa shape index (κ1) is 7.85. The molecule has 1 heterocycles. The summed E-state index contributed by atoms with van der Waals surface area (Å²) in [6.45, 7) is 3.37. The van der Waals surface area contributed by atoms with Gasteiger partial charge in [0.1, 0.15) is 0 Å². The normalized spacial score (nSPS) is 21.3. The molecule has 0 atom stereocenters. The molecule has 0 N–H and O–H groups in total. The van der Waals surface area contributed by atoms with Crippen molar-refractivity contribution >= 4 is 5.78 Å². The topological polar surface area (TPSA) is 49.4 Å². The SMILES string of the molecule is CC/C=C1\OC(C)=C([O-])C1=O. The molecule has 0 bridgehead atoms. The van der Waals surface area contributed by atoms with E-state index in [0.29, 0.717) is 6.42 Å². The molecule has 0 aliphatic carbocycles. The first-order valence-electron chi connectivity index (χ1n) is 3.47. The summed E-state index contributed by atoms with van der Waals surface area (Å²) in [4.78, 5) is 10.9. The van der Waals surface area contributed by atoms with Crippen molar-refractivity contribution in [2.45, 2.75) is 20.3 Å². The molecule has 60 valence electrons. The zero-order valence-corrected chi connectivity index (χ0v) is 6.51. The molecule has 0 fully saturated rings. The van der Waals surface area contributed by atoms with Gasteiger partial charge in [-0.25, -0.2) is 0 Å². The summed E-state index contributed by atoms with van der Waals surface area (Å²) >= 11 is 0. The van der Waals surface area contributed by atoms with E-state index < -0.39 is 11.5 Å². The smallest absolute Gasteiger partial charge is 0.216 e. The Kier molecular flexibility index (Phi) is 1.98. The summed E-state index contributed by atoms with van der Waals surface area (Å²) in [7, 11) is 0. The lowest BCUT2D eigenvalue weighted by Gasteiger charge is -1.98. The van der Waals surface area contributed by atoms with Crippen molar-refractivity contribution in [1.82, 2.24) is 0 Å². The Morgan fingerprint density at radius 1 is 1.64 bits per heavy atom. The number of allylic oxidation sites excluding steroid dienone is 2. The number of Topliss-reactive ketones (excluding diaryl/α,β-unsaturated/α-hetero) is 1. The molecule has 1 rings (SSSR count). The number of carbonyl (C=O) groups is 1. The lowest BCUT2D eigenvalue weighted by Crippen LogP contribution is -2.12. The van der Waals surface area contributed by atoms with Crippen LogP contribution in [0.3, 0.4) is 0 Å². The molecule has 0 aromatic carbocycles. The van der Waals surface area contributed by atoms with Crippen LogP contribution in [0.4, 0.5) is 0 Å². The average Bonchev–Trinajstić information content (AvgIpc) is 2.19. The van der Waals surface area contributed by atoms with Gasteiger partial charge in [-0.1, -0.05) is 6.92 Å². The lowest BCUT2D eigenvalue weighted by atomic mass is 10.2. The first-order chi connectivity index (χ1) is 5.16. The predicted molar refractivity (Wildman–Crippen MR) is 37.2 cm³/mol. The predicted octanol–water partition coefficient (Wildman–Crippen LogP) is 0.471. The van der Waals surface area contributed by atoms with Gasteiger partial charge in [-0.05, 0) is 25.2 Å². The van der Waals surface area contributed by atoms with Crippen LogP contribution in [0.5, 0.6) is 0 Å². The summed E-state index contributed by atoms with van der Waals surface area (Å²) in [6, 6.07) is 0. The second-order valence-corrected chi connectivity index (χ2v) is 2.29. The van der Waals surface area contributed by atoms with Gasteiger partial charge in [0.2, 0.25) is 5.78 Å². The largest absolute Gasteiger partial charge is 0.867 e. The van der Waals surface area contributed by atoms with E-state index in [1.807, 2.05) is 6.92 Å². The zero-order valence-electron chi connectivity index (χ0n) is 6.51. The van der Waals surface area contributed by atoms with E-state index in [-0.39, 0.29) is 11.5 Å². The Morgan fingerprint density at radius 2 is 2.27 bits per heavy atom. The maximum absolute atomic E-state index is 10.9. The Labute approximate surface area is 65.0 Å². The second kappa shape index (κ2) is 2.78. The van der Waals surface area contributed by atoms with Crippen LogP contribution in [0.15, 0.2) is 23.4 Å². The number of rotatable bonds is 1. The van der Waals surface area contributed by atoms with E-state index in [1.54, 1.807) is 6.08 Å². The molecule has 1 aliphatic heterocycles. The van der Waals surface area contributed by atoms with Gasteiger partial charge in [0.15, 0.2) is 5.76 Å². The number of ether oxygens (including phenoxy) is 1. The lowest BCUT2D eigenvalue weighted by molar-refractivity contribution is -0.299. The summed E-state index contributed by atoms with van der Waals surface area (Å²) in [5.41, 5.74) is 0. The van der Waals surface area contributed by atoms with E-state index in [2.05, 4.69) is 0 Å². The number of ketones is 1. The Morgan fingerprint density at radius 3 is 2.64 bits per heavy atom. The van der Waals surface area contributed by atoms with Gasteiger partial charge in [0, 0.05) is 0 Å². The molecule has 11 heavy (non-hydrogen) atoms. The van der Waals surface area contributed by atoms with Gasteiger partial charge in [0.05, 0.1) is 5.76 Å². The summed E-state index contributed by atoms with van der Waals surface area (Å²) < 4.78 is 4.90. The fraction of sp³-hybridized carbons (Fsp3) is 0.375. The van der Waals surface area contributed by atoms with Crippen molar-refractivity contribution in [3.8, 4) is 0 Å². The maximum atomic E-state index is 10.9. The molecular weight excluding hydrogens is 144 g/mol. The van der Waals surface area contributed by atoms with Crippen molar-refractivity contribution in [3.05, 3.63) is 23.4 Å². The minimum absolute atomic E-state index is 0.176. The molecule has 3 nitrogen and oxygen atoms in total. The van der Waals surface area contributed by atoms with Crippen LogP contribution in [0.2, 0.25) is 0 Å². The second-order valence-electron chi connectivity index (χ2n) is 2.29. The van der Waals surface area contributed by atoms with Crippen LogP contribution in [0.1, 0.15) is 20.3 Å². The van der Waals surface area contributed by atoms with Crippen molar-refractivity contribution < 1.29 is 14.6 Å². The highest BCUT2D eigenvalue weighted by Crippen LogP contribution is 2.20. The van der Waals surface area contributed by atoms with Crippen LogP contribution in [0, 0.1) is 0 Å². The quantitative estimate of drug-likeness (QED) is 0.514. The van der Waals surface area contributed by atoms with E-state index in [1.165, 1.54) is 6.92 Å². The molecule has 1 aliphatic rings. The fourth-order valence-corrected chi connectivity index (χ4v) is 0.849. The minimum atomic E-state index is -0.524. The Balaban J connectivity index is 2.87. The summed E-state index contributed by atoms with van der Waals surface area (Å²) in [5, 5.41) is 10.8. The highest BCUT2D eigenvalue weighted by Gasteiger charge is 2.19. The van der Waals surface area contributed by atoms with Crippen LogP contribution in [-0.2, 0) is 9.53 Å². The molecule has 0 radical (unpaired) electrons. The zero-order chi connectivity index (χ0) is 8.43. The third kappa shape index (κ3) is 1.27. The van der Waals surface area contributed by atoms with Gasteiger partial charge < -0.3 is 9.84 Å². The minimum Gasteiger partial charge on any atom is -0.867 e. The highest BCUT2D eigenvalue weighted by molar-refractivity contribution is 6.06. The molecule has 0 aromatic heterocycles. The van der Waals surface area contributed by atoms with E-state index >= 15 is 0 Å². The highest BCUT2D eigenvalue weighted by atomic mass is 16.5. The van der Waals surface area contributed by atoms with Crippen LogP contribution in [0.25, 0.3) is 0 Å². The number of carbonyl (C=O) groups excluding carboxylic acids is 1.